The molecule has 0 aromatic heterocycles. The number of anilines is 2. The summed E-state index contributed by atoms with van der Waals surface area (Å²) < 4.78 is 162. The molecule has 23 heteroatoms. The summed E-state index contributed by atoms with van der Waals surface area (Å²) in [4.78, 5) is 50.7. The largest absolute Gasteiger partial charge is 0.503 e. The Balaban J connectivity index is 1.46. The molecule has 0 spiro atoms. The third-order valence-electron chi connectivity index (χ3n) is 10.8. The Kier molecular flexibility index (Phi) is 9.84. The highest BCUT2D eigenvalue weighted by Gasteiger charge is 2.77. The van der Waals surface area contributed by atoms with Gasteiger partial charge >= 0.3 is 12.4 Å². The number of halogens is 15. The van der Waals surface area contributed by atoms with Gasteiger partial charge in [-0.1, -0.05) is 11.6 Å². The van der Waals surface area contributed by atoms with Gasteiger partial charge in [-0.3, -0.25) is 19.2 Å². The molecule has 4 aliphatic rings. The lowest BCUT2D eigenvalue weighted by atomic mass is 9.56. The van der Waals surface area contributed by atoms with Gasteiger partial charge in [0, 0.05) is 10.4 Å². The molecule has 7 rings (SSSR count). The summed E-state index contributed by atoms with van der Waals surface area (Å²) >= 11 is 20.5. The minimum absolute atomic E-state index is 0.105. The molecule has 3 aromatic carbocycles. The number of ether oxygens (including phenoxy) is 1. The lowest BCUT2D eigenvalue weighted by molar-refractivity contribution is -0.143. The van der Waals surface area contributed by atoms with Crippen LogP contribution in [0.5, 0.6) is 11.5 Å². The fourth-order valence-corrected chi connectivity index (χ4v) is 10.1. The maximum absolute atomic E-state index is 15.3. The number of rotatable bonds is 4. The van der Waals surface area contributed by atoms with Gasteiger partial charge in [0.1, 0.15) is 5.69 Å². The molecule has 6 atom stereocenters. The molecule has 1 N–H and O–H groups in total. The monoisotopic (exact) mass is 998 g/mol. The molecule has 8 nitrogen and oxygen atoms in total. The number of aromatic hydroxyl groups is 1. The zero-order chi connectivity index (χ0) is 43.1. The van der Waals surface area contributed by atoms with Gasteiger partial charge in [0.15, 0.2) is 44.5 Å². The zero-order valence-electron chi connectivity index (χ0n) is 28.2. The number of nitrogens with zero attached hydrogens (tertiary/aromatic N) is 2. The molecule has 2 aliphatic heterocycles. The molecule has 0 radical (unpaired) electrons. The van der Waals surface area contributed by atoms with Gasteiger partial charge < -0.3 is 9.84 Å². The van der Waals surface area contributed by atoms with Crippen molar-refractivity contribution in [2.24, 2.45) is 17.8 Å². The van der Waals surface area contributed by atoms with Gasteiger partial charge in [-0.15, -0.1) is 23.2 Å². The van der Waals surface area contributed by atoms with Crippen LogP contribution in [0.15, 0.2) is 44.9 Å². The van der Waals surface area contributed by atoms with Gasteiger partial charge in [0.05, 0.1) is 40.2 Å². The summed E-state index contributed by atoms with van der Waals surface area (Å²) in [6, 6.07) is 1.11. The molecular weight excluding hydrogens is 984 g/mol. The lowest BCUT2D eigenvalue weighted by Crippen LogP contribution is -2.60. The number of benzene rings is 3. The molecule has 6 unspecified atom stereocenters. The Bertz CT molecular complexity index is 2390. The van der Waals surface area contributed by atoms with E-state index in [1.54, 1.807) is 0 Å². The zero-order valence-corrected chi connectivity index (χ0v) is 32.8. The first-order valence-corrected chi connectivity index (χ1v) is 18.5. The van der Waals surface area contributed by atoms with Gasteiger partial charge in [-0.25, -0.2) is 31.8 Å². The molecule has 2 heterocycles. The molecule has 4 amide bonds. The number of alkyl halides is 8. The molecular formula is C35H17Br2Cl2F11N2O6. The maximum atomic E-state index is 15.3. The summed E-state index contributed by atoms with van der Waals surface area (Å²) in [5.74, 6) is -27.2. The number of carbonyl (C=O) groups is 4. The number of amides is 4. The first kappa shape index (κ1) is 42.2. The van der Waals surface area contributed by atoms with E-state index in [0.717, 1.165) is 13.2 Å². The molecule has 1 saturated carbocycles. The van der Waals surface area contributed by atoms with E-state index in [1.807, 2.05) is 0 Å². The normalized spacial score (nSPS) is 27.2. The fraction of sp³-hybridized carbons (Fsp3) is 0.314. The van der Waals surface area contributed by atoms with E-state index in [4.69, 9.17) is 27.9 Å². The summed E-state index contributed by atoms with van der Waals surface area (Å²) in [6.07, 6.45) is -11.1. The van der Waals surface area contributed by atoms with E-state index in [2.05, 4.69) is 31.9 Å². The number of hydrogen-bond donors (Lipinski definition) is 1. The average molecular weight is 1000 g/mol. The van der Waals surface area contributed by atoms with Crippen LogP contribution in [0, 0.1) is 46.8 Å². The van der Waals surface area contributed by atoms with Crippen LogP contribution >= 0.6 is 55.1 Å². The van der Waals surface area contributed by atoms with Crippen LogP contribution in [0.25, 0.3) is 0 Å². The number of methoxy groups -OCH3 is 1. The SMILES string of the molecule is COc1cc(C2C3=CCC4C(=O)N(c5cc(C(F)(F)F)cc(C(F)(F)F)c5)C(=O)C4C3CC3(Cl)C(=O)N(c4c(F)c(F)c(F)c(F)c4F)C(=O)C23Cl)c(Br)c(Br)c1O. The summed E-state index contributed by atoms with van der Waals surface area (Å²) in [5.41, 5.74) is -7.27. The first-order chi connectivity index (χ1) is 26.7. The van der Waals surface area contributed by atoms with Crippen molar-refractivity contribution in [3.63, 3.8) is 0 Å². The van der Waals surface area contributed by atoms with Crippen LogP contribution in [0.1, 0.15) is 35.4 Å². The third kappa shape index (κ3) is 5.64. The third-order valence-corrected chi connectivity index (χ3v) is 14.3. The molecule has 3 fully saturated rings. The van der Waals surface area contributed by atoms with Crippen LogP contribution in [0.2, 0.25) is 0 Å². The summed E-state index contributed by atoms with van der Waals surface area (Å²) in [5, 5.41) is 10.7. The Morgan fingerprint density at radius 1 is 0.759 bits per heavy atom. The molecule has 2 saturated heterocycles. The Morgan fingerprint density at radius 2 is 1.29 bits per heavy atom. The second kappa shape index (κ2) is 13.5. The van der Waals surface area contributed by atoms with E-state index in [1.165, 1.54) is 6.08 Å². The molecule has 3 aromatic rings. The second-order valence-corrected chi connectivity index (χ2v) is 16.4. The van der Waals surface area contributed by atoms with Gasteiger partial charge in [-0.05, 0) is 80.4 Å². The van der Waals surface area contributed by atoms with E-state index >= 15 is 8.78 Å². The van der Waals surface area contributed by atoms with Crippen molar-refractivity contribution in [1.29, 1.82) is 0 Å². The Labute approximate surface area is 343 Å². The smallest absolute Gasteiger partial charge is 0.416 e. The Hall–Kier alpha value is -3.95. The number of phenols is 1. The van der Waals surface area contributed by atoms with Crippen molar-refractivity contribution < 1.29 is 77.3 Å². The average Bonchev–Trinajstić information content (AvgIpc) is 3.49. The highest BCUT2D eigenvalue weighted by atomic mass is 79.9. The van der Waals surface area contributed by atoms with Gasteiger partial charge in [0.2, 0.25) is 17.6 Å². The van der Waals surface area contributed by atoms with Gasteiger partial charge in [0.25, 0.3) is 11.8 Å². The number of carbonyl (C=O) groups excluding carboxylic acids is 4. The quantitative estimate of drug-likeness (QED) is 0.0698. The van der Waals surface area contributed by atoms with Crippen LogP contribution < -0.4 is 14.5 Å². The number of imide groups is 2. The molecule has 0 bridgehead atoms. The molecule has 58 heavy (non-hydrogen) atoms. The number of phenolic OH excluding ortho intramolecular Hbond substituents is 1. The topological polar surface area (TPSA) is 104 Å². The van der Waals surface area contributed by atoms with Crippen LogP contribution in [0.3, 0.4) is 0 Å². The van der Waals surface area contributed by atoms with Crippen molar-refractivity contribution in [3.8, 4) is 11.5 Å². The van der Waals surface area contributed by atoms with Crippen molar-refractivity contribution in [2.45, 2.75) is 40.9 Å². The predicted octanol–water partition coefficient (Wildman–Crippen LogP) is 9.43. The van der Waals surface area contributed by atoms with Crippen molar-refractivity contribution in [1.82, 2.24) is 0 Å². The van der Waals surface area contributed by atoms with E-state index < -0.39 is 144 Å². The van der Waals surface area contributed by atoms with Crippen LogP contribution in [-0.4, -0.2) is 45.6 Å². The van der Waals surface area contributed by atoms with Gasteiger partial charge in [-0.2, -0.15) is 26.3 Å². The fourth-order valence-electron chi connectivity index (χ4n) is 8.21. The first-order valence-electron chi connectivity index (χ1n) is 16.2. The van der Waals surface area contributed by atoms with Crippen LogP contribution in [0.4, 0.5) is 59.7 Å². The summed E-state index contributed by atoms with van der Waals surface area (Å²) in [6.45, 7) is 0. The predicted molar refractivity (Wildman–Crippen MR) is 185 cm³/mol. The van der Waals surface area contributed by atoms with Crippen molar-refractivity contribution >= 4 is 90.1 Å². The van der Waals surface area contributed by atoms with E-state index in [9.17, 15) is 63.8 Å². The molecule has 308 valence electrons. The highest BCUT2D eigenvalue weighted by molar-refractivity contribution is 9.13. The standard InChI is InChI=1S/C35H17Br2Cl2F11N2O6/c1-58-16-7-14(19(36)20(37)27(16)53)18-12-2-3-13-17(29(55)51(28(13)54)11-5-9(34(45,46)47)4-10(6-11)35(48,49)50)15(12)8-32(38)30(56)52(31(57)33(18,32)39)26-24(43)22(41)21(40)23(42)25(26)44/h2,4-7,13,15,17-18,53H,3,8H2,1H3. The lowest BCUT2D eigenvalue weighted by Gasteiger charge is -2.51. The molecule has 2 aliphatic carbocycles. The van der Waals surface area contributed by atoms with Crippen LogP contribution in [-0.2, 0) is 31.5 Å². The number of allylic oxidation sites excluding steroid dienone is 2. The minimum Gasteiger partial charge on any atom is -0.503 e. The summed E-state index contributed by atoms with van der Waals surface area (Å²) in [7, 11) is 1.08. The minimum atomic E-state index is -5.39. The highest BCUT2D eigenvalue weighted by Crippen LogP contribution is 2.67. The van der Waals surface area contributed by atoms with Crippen molar-refractivity contribution in [2.75, 3.05) is 16.9 Å². The second-order valence-electron chi connectivity index (χ2n) is 13.6. The van der Waals surface area contributed by atoms with Crippen molar-refractivity contribution in [3.05, 3.63) is 90.6 Å². The number of hydrogen-bond acceptors (Lipinski definition) is 6. The maximum Gasteiger partial charge on any atom is 0.416 e. The Morgan fingerprint density at radius 3 is 1.81 bits per heavy atom. The van der Waals surface area contributed by atoms with E-state index in [0.29, 0.717) is 0 Å². The number of fused-ring (bicyclic) bond motifs is 4. The van der Waals surface area contributed by atoms with E-state index in [-0.39, 0.29) is 48.9 Å².